The predicted octanol–water partition coefficient (Wildman–Crippen LogP) is 6.98. The number of para-hydroxylation sites is 1. The third-order valence-electron chi connectivity index (χ3n) is 4.92. The quantitative estimate of drug-likeness (QED) is 0.352. The van der Waals surface area contributed by atoms with Crippen LogP contribution in [0.5, 0.6) is 0 Å². The third-order valence-corrected chi connectivity index (χ3v) is 4.92. The molecule has 0 radical (unpaired) electrons. The Labute approximate surface area is 185 Å². The molecule has 0 bridgehead atoms. The van der Waals surface area contributed by atoms with Gasteiger partial charge in [-0.05, 0) is 42.7 Å². The Kier molecular flexibility index (Phi) is 7.66. The van der Waals surface area contributed by atoms with Gasteiger partial charge in [-0.1, -0.05) is 50.5 Å². The molecule has 0 saturated heterocycles. The number of nitrogens with one attached hydrogen (secondary N) is 2. The largest absolute Gasteiger partial charge is 0.421 e. The highest BCUT2D eigenvalue weighted by atomic mass is 19.4. The number of unbranched alkanes of at least 4 members (excludes halogenated alkanes) is 3. The van der Waals surface area contributed by atoms with Gasteiger partial charge in [-0.15, -0.1) is 0 Å². The minimum absolute atomic E-state index is 0.0191. The van der Waals surface area contributed by atoms with Crippen LogP contribution in [0.3, 0.4) is 0 Å². The number of anilines is 4. The first kappa shape index (κ1) is 23.1. The first-order valence-electron chi connectivity index (χ1n) is 10.5. The second kappa shape index (κ2) is 10.6. The van der Waals surface area contributed by atoms with E-state index in [0.717, 1.165) is 19.0 Å². The zero-order valence-corrected chi connectivity index (χ0v) is 17.7. The molecule has 0 spiro atoms. The number of aryl methyl sites for hydroxylation is 1. The molecule has 2 N–H and O–H groups in total. The molecule has 2 aromatic carbocycles. The molecular formula is C24H24F3N5. The molecule has 3 aromatic rings. The van der Waals surface area contributed by atoms with E-state index in [1.807, 2.05) is 30.3 Å². The first-order chi connectivity index (χ1) is 15.4. The summed E-state index contributed by atoms with van der Waals surface area (Å²) in [5, 5.41) is 14.8. The van der Waals surface area contributed by atoms with Crippen molar-refractivity contribution in [2.75, 3.05) is 10.6 Å². The van der Waals surface area contributed by atoms with E-state index in [4.69, 9.17) is 0 Å². The van der Waals surface area contributed by atoms with Crippen molar-refractivity contribution in [3.05, 3.63) is 71.4 Å². The van der Waals surface area contributed by atoms with Crippen molar-refractivity contribution in [3.8, 4) is 6.07 Å². The normalized spacial score (nSPS) is 11.1. The van der Waals surface area contributed by atoms with Crippen LogP contribution in [0, 0.1) is 11.3 Å². The van der Waals surface area contributed by atoms with Crippen molar-refractivity contribution in [3.63, 3.8) is 0 Å². The van der Waals surface area contributed by atoms with Gasteiger partial charge in [0.05, 0.1) is 11.3 Å². The number of nitriles is 1. The van der Waals surface area contributed by atoms with Gasteiger partial charge in [0.15, 0.2) is 0 Å². The van der Waals surface area contributed by atoms with Crippen molar-refractivity contribution in [2.45, 2.75) is 45.2 Å². The minimum Gasteiger partial charge on any atom is -0.338 e. The first-order valence-corrected chi connectivity index (χ1v) is 10.5. The molecule has 0 saturated carbocycles. The zero-order chi connectivity index (χ0) is 23.0. The van der Waals surface area contributed by atoms with E-state index in [2.05, 4.69) is 27.5 Å². The second-order valence-electron chi connectivity index (χ2n) is 7.37. The van der Waals surface area contributed by atoms with Gasteiger partial charge in [0.1, 0.15) is 17.5 Å². The predicted molar refractivity (Wildman–Crippen MR) is 119 cm³/mol. The van der Waals surface area contributed by atoms with Crippen LogP contribution in [-0.4, -0.2) is 9.97 Å². The molecule has 0 atom stereocenters. The molecule has 166 valence electrons. The highest BCUT2D eigenvalue weighted by molar-refractivity contribution is 5.67. The molecule has 0 unspecified atom stereocenters. The van der Waals surface area contributed by atoms with Gasteiger partial charge < -0.3 is 10.6 Å². The lowest BCUT2D eigenvalue weighted by Crippen LogP contribution is -2.13. The highest BCUT2D eigenvalue weighted by Gasteiger charge is 2.35. The number of hydrogen-bond donors (Lipinski definition) is 2. The summed E-state index contributed by atoms with van der Waals surface area (Å²) in [4.78, 5) is 7.87. The molecule has 1 heterocycles. The topological polar surface area (TPSA) is 73.6 Å². The van der Waals surface area contributed by atoms with E-state index in [1.54, 1.807) is 12.1 Å². The number of hydrogen-bond acceptors (Lipinski definition) is 5. The Morgan fingerprint density at radius 1 is 0.969 bits per heavy atom. The average molecular weight is 439 g/mol. The number of nitrogens with zero attached hydrogens (tertiary/aromatic N) is 3. The Hall–Kier alpha value is -3.60. The summed E-state index contributed by atoms with van der Waals surface area (Å²) in [5.41, 5.74) is 1.31. The second-order valence-corrected chi connectivity index (χ2v) is 7.37. The van der Waals surface area contributed by atoms with Gasteiger partial charge in [-0.2, -0.15) is 23.4 Å². The Morgan fingerprint density at radius 2 is 1.72 bits per heavy atom. The number of rotatable bonds is 9. The molecule has 0 aliphatic rings. The lowest BCUT2D eigenvalue weighted by atomic mass is 10.1. The van der Waals surface area contributed by atoms with Gasteiger partial charge in [-0.3, -0.25) is 0 Å². The Balaban J connectivity index is 1.79. The van der Waals surface area contributed by atoms with Crippen molar-refractivity contribution < 1.29 is 13.2 Å². The van der Waals surface area contributed by atoms with Crippen LogP contribution < -0.4 is 10.6 Å². The number of halogens is 3. The Morgan fingerprint density at radius 3 is 2.41 bits per heavy atom. The molecule has 5 nitrogen and oxygen atoms in total. The highest BCUT2D eigenvalue weighted by Crippen LogP contribution is 2.35. The van der Waals surface area contributed by atoms with E-state index in [9.17, 15) is 18.4 Å². The molecule has 3 rings (SSSR count). The third kappa shape index (κ3) is 6.20. The van der Waals surface area contributed by atoms with Gasteiger partial charge in [-0.25, -0.2) is 4.98 Å². The van der Waals surface area contributed by atoms with Crippen LogP contribution in [0.4, 0.5) is 36.3 Å². The molecule has 0 amide bonds. The van der Waals surface area contributed by atoms with E-state index < -0.39 is 17.6 Å². The molecule has 0 fully saturated rings. The van der Waals surface area contributed by atoms with Crippen LogP contribution in [-0.2, 0) is 12.6 Å². The van der Waals surface area contributed by atoms with Gasteiger partial charge in [0, 0.05) is 11.9 Å². The van der Waals surface area contributed by atoms with Crippen molar-refractivity contribution in [2.24, 2.45) is 0 Å². The fourth-order valence-corrected chi connectivity index (χ4v) is 3.20. The Bertz CT molecular complexity index is 1070. The molecule has 0 aliphatic heterocycles. The van der Waals surface area contributed by atoms with Crippen LogP contribution in [0.1, 0.15) is 49.3 Å². The van der Waals surface area contributed by atoms with Gasteiger partial charge in [0.2, 0.25) is 5.95 Å². The SMILES string of the molecule is CCCCCCc1ccc(Nc2ncc(C(F)(F)F)c(Nc3ccccc3C#N)n2)cc1. The molecule has 32 heavy (non-hydrogen) atoms. The summed E-state index contributed by atoms with van der Waals surface area (Å²) in [6.45, 7) is 2.17. The fraction of sp³-hybridized carbons (Fsp3) is 0.292. The van der Waals surface area contributed by atoms with E-state index in [0.29, 0.717) is 5.69 Å². The summed E-state index contributed by atoms with van der Waals surface area (Å²) in [6, 6.07) is 15.9. The lowest BCUT2D eigenvalue weighted by molar-refractivity contribution is -0.137. The monoisotopic (exact) mass is 439 g/mol. The zero-order valence-electron chi connectivity index (χ0n) is 17.7. The number of aromatic nitrogens is 2. The van der Waals surface area contributed by atoms with Crippen LogP contribution in [0.25, 0.3) is 0 Å². The minimum atomic E-state index is -4.65. The van der Waals surface area contributed by atoms with Gasteiger partial charge in [0.25, 0.3) is 0 Å². The van der Waals surface area contributed by atoms with Gasteiger partial charge >= 0.3 is 6.18 Å². The maximum Gasteiger partial charge on any atom is 0.421 e. The molecule has 1 aromatic heterocycles. The lowest BCUT2D eigenvalue weighted by Gasteiger charge is -2.15. The maximum absolute atomic E-state index is 13.5. The summed E-state index contributed by atoms with van der Waals surface area (Å²) in [6.07, 6.45) is 1.80. The number of benzene rings is 2. The van der Waals surface area contributed by atoms with Crippen LogP contribution in [0.15, 0.2) is 54.7 Å². The summed E-state index contributed by atoms with van der Waals surface area (Å²) in [7, 11) is 0. The van der Waals surface area contributed by atoms with Crippen molar-refractivity contribution in [1.29, 1.82) is 5.26 Å². The van der Waals surface area contributed by atoms with Crippen molar-refractivity contribution >= 4 is 23.1 Å². The summed E-state index contributed by atoms with van der Waals surface area (Å²) < 4.78 is 40.4. The van der Waals surface area contributed by atoms with E-state index >= 15 is 0 Å². The van der Waals surface area contributed by atoms with E-state index in [1.165, 1.54) is 37.0 Å². The molecule has 0 aliphatic carbocycles. The maximum atomic E-state index is 13.5. The average Bonchev–Trinajstić information content (AvgIpc) is 2.77. The van der Waals surface area contributed by atoms with Crippen LogP contribution >= 0.6 is 0 Å². The van der Waals surface area contributed by atoms with E-state index in [-0.39, 0.29) is 17.2 Å². The fourth-order valence-electron chi connectivity index (χ4n) is 3.20. The smallest absolute Gasteiger partial charge is 0.338 e. The summed E-state index contributed by atoms with van der Waals surface area (Å²) >= 11 is 0. The van der Waals surface area contributed by atoms with Crippen LogP contribution in [0.2, 0.25) is 0 Å². The summed E-state index contributed by atoms with van der Waals surface area (Å²) in [5.74, 6) is -0.407. The molecular weight excluding hydrogens is 415 g/mol. The molecule has 8 heteroatoms. The number of alkyl halides is 3. The van der Waals surface area contributed by atoms with Crippen molar-refractivity contribution in [1.82, 2.24) is 9.97 Å². The standard InChI is InChI=1S/C24H24F3N5/c1-2-3-4-5-8-17-11-13-19(14-12-17)30-23-29-16-20(24(25,26)27)22(32-23)31-21-10-7-6-9-18(21)15-28/h6-7,9-14,16H,2-5,8H2,1H3,(H2,29,30,31,32).